The summed E-state index contributed by atoms with van der Waals surface area (Å²) in [6.07, 6.45) is -0.611. The molecule has 0 aliphatic heterocycles. The van der Waals surface area contributed by atoms with Gasteiger partial charge in [0.05, 0.1) is 17.7 Å². The summed E-state index contributed by atoms with van der Waals surface area (Å²) >= 11 is 6.05. The molecular formula is C14H18ClN3O4. The zero-order chi connectivity index (χ0) is 16.9. The van der Waals surface area contributed by atoms with Crippen LogP contribution >= 0.6 is 11.6 Å². The van der Waals surface area contributed by atoms with E-state index in [9.17, 15) is 14.4 Å². The molecule has 0 aliphatic carbocycles. The molecule has 1 rings (SSSR count). The molecule has 3 amide bonds. The third kappa shape index (κ3) is 4.63. The van der Waals surface area contributed by atoms with Crippen LogP contribution in [0.4, 0.5) is 10.5 Å². The van der Waals surface area contributed by atoms with Crippen molar-refractivity contribution >= 4 is 35.2 Å². The number of methoxy groups -OCH3 is 1. The van der Waals surface area contributed by atoms with E-state index < -0.39 is 12.0 Å². The van der Waals surface area contributed by atoms with Crippen molar-refractivity contribution < 1.29 is 19.1 Å². The van der Waals surface area contributed by atoms with E-state index in [1.807, 2.05) is 0 Å². The highest BCUT2D eigenvalue weighted by Crippen LogP contribution is 2.22. The van der Waals surface area contributed by atoms with Gasteiger partial charge in [0.1, 0.15) is 6.54 Å². The molecule has 8 heteroatoms. The molecule has 1 N–H and O–H groups in total. The quantitative estimate of drug-likeness (QED) is 0.912. The van der Waals surface area contributed by atoms with E-state index in [0.29, 0.717) is 11.3 Å². The molecule has 0 aliphatic rings. The number of likely N-dealkylation sites (N-methyl/N-ethyl adjacent to an activating group) is 1. The van der Waals surface area contributed by atoms with Crippen molar-refractivity contribution in [3.8, 4) is 0 Å². The lowest BCUT2D eigenvalue weighted by molar-refractivity contribution is -0.116. The smallest absolute Gasteiger partial charge is 0.409 e. The van der Waals surface area contributed by atoms with Crippen LogP contribution in [0.25, 0.3) is 0 Å². The molecule has 0 atom stereocenters. The van der Waals surface area contributed by atoms with Gasteiger partial charge >= 0.3 is 6.09 Å². The molecule has 0 radical (unpaired) electrons. The lowest BCUT2D eigenvalue weighted by Crippen LogP contribution is -2.34. The number of benzene rings is 1. The van der Waals surface area contributed by atoms with Gasteiger partial charge in [-0.25, -0.2) is 4.79 Å². The number of halogens is 1. The number of rotatable bonds is 4. The van der Waals surface area contributed by atoms with E-state index in [1.165, 1.54) is 31.2 Å². The fourth-order valence-corrected chi connectivity index (χ4v) is 1.90. The summed E-state index contributed by atoms with van der Waals surface area (Å²) in [7, 11) is 5.92. The standard InChI is InChI=1S/C14H18ClN3O4/c1-17(2)13(20)10-6-5-9(7-11(10)15)16-12(19)8-18(3)14(21)22-4/h5-7H,8H2,1-4H3,(H,16,19). The monoisotopic (exact) mass is 327 g/mol. The summed E-state index contributed by atoms with van der Waals surface area (Å²) in [5.41, 5.74) is 0.778. The molecular weight excluding hydrogens is 310 g/mol. The number of amides is 3. The Labute approximate surface area is 133 Å². The van der Waals surface area contributed by atoms with E-state index in [0.717, 1.165) is 4.90 Å². The van der Waals surface area contributed by atoms with Crippen LogP contribution in [0.1, 0.15) is 10.4 Å². The van der Waals surface area contributed by atoms with Crippen LogP contribution in [-0.4, -0.2) is 62.5 Å². The Bertz CT molecular complexity index is 589. The molecule has 7 nitrogen and oxygen atoms in total. The lowest BCUT2D eigenvalue weighted by atomic mass is 10.2. The summed E-state index contributed by atoms with van der Waals surface area (Å²) in [4.78, 5) is 37.4. The van der Waals surface area contributed by atoms with Crippen molar-refractivity contribution in [1.29, 1.82) is 0 Å². The molecule has 0 saturated carbocycles. The Morgan fingerprint density at radius 3 is 2.36 bits per heavy atom. The Kier molecular flexibility index (Phi) is 6.18. The first-order valence-electron chi connectivity index (χ1n) is 6.36. The molecule has 0 bridgehead atoms. The Balaban J connectivity index is 2.75. The van der Waals surface area contributed by atoms with E-state index in [2.05, 4.69) is 10.1 Å². The van der Waals surface area contributed by atoms with Crippen molar-refractivity contribution in [1.82, 2.24) is 9.80 Å². The second-order valence-electron chi connectivity index (χ2n) is 4.77. The minimum atomic E-state index is -0.611. The van der Waals surface area contributed by atoms with Gasteiger partial charge in [-0.1, -0.05) is 11.6 Å². The number of hydrogen-bond acceptors (Lipinski definition) is 4. The van der Waals surface area contributed by atoms with Crippen molar-refractivity contribution in [3.63, 3.8) is 0 Å². The number of carbonyl (C=O) groups is 3. The maximum atomic E-state index is 11.8. The fraction of sp³-hybridized carbons (Fsp3) is 0.357. The largest absolute Gasteiger partial charge is 0.453 e. The van der Waals surface area contributed by atoms with Crippen molar-refractivity contribution in [2.45, 2.75) is 0 Å². The van der Waals surface area contributed by atoms with Crippen LogP contribution in [-0.2, 0) is 9.53 Å². The molecule has 0 heterocycles. The number of anilines is 1. The maximum Gasteiger partial charge on any atom is 0.409 e. The molecule has 0 spiro atoms. The van der Waals surface area contributed by atoms with Gasteiger partial charge in [0, 0.05) is 26.8 Å². The number of ether oxygens (including phenoxy) is 1. The van der Waals surface area contributed by atoms with Crippen LogP contribution in [0, 0.1) is 0 Å². The van der Waals surface area contributed by atoms with Crippen LogP contribution in [0.5, 0.6) is 0 Å². The summed E-state index contributed by atoms with van der Waals surface area (Å²) in [5.74, 6) is -0.635. The van der Waals surface area contributed by atoms with Gasteiger partial charge in [-0.05, 0) is 18.2 Å². The number of nitrogens with zero attached hydrogens (tertiary/aromatic N) is 2. The molecule has 1 aromatic rings. The average molecular weight is 328 g/mol. The molecule has 22 heavy (non-hydrogen) atoms. The minimum Gasteiger partial charge on any atom is -0.453 e. The van der Waals surface area contributed by atoms with Crippen molar-refractivity contribution in [3.05, 3.63) is 28.8 Å². The first kappa shape index (κ1) is 17.8. The molecule has 1 aromatic carbocycles. The van der Waals surface area contributed by atoms with Gasteiger partial charge in [0.25, 0.3) is 5.91 Å². The van der Waals surface area contributed by atoms with Crippen LogP contribution in [0.3, 0.4) is 0 Å². The van der Waals surface area contributed by atoms with Gasteiger partial charge < -0.3 is 19.9 Å². The SMILES string of the molecule is COC(=O)N(C)CC(=O)Nc1ccc(C(=O)N(C)C)c(Cl)c1. The third-order valence-corrected chi connectivity index (χ3v) is 3.07. The number of nitrogens with one attached hydrogen (secondary N) is 1. The van der Waals surface area contributed by atoms with E-state index >= 15 is 0 Å². The molecule has 120 valence electrons. The van der Waals surface area contributed by atoms with E-state index in [-0.39, 0.29) is 17.5 Å². The van der Waals surface area contributed by atoms with Gasteiger partial charge in [0.15, 0.2) is 0 Å². The lowest BCUT2D eigenvalue weighted by Gasteiger charge is -2.16. The van der Waals surface area contributed by atoms with E-state index in [1.54, 1.807) is 20.2 Å². The summed E-state index contributed by atoms with van der Waals surface area (Å²) in [6.45, 7) is -0.164. The van der Waals surface area contributed by atoms with Crippen LogP contribution in [0.2, 0.25) is 5.02 Å². The zero-order valence-corrected chi connectivity index (χ0v) is 13.6. The highest BCUT2D eigenvalue weighted by atomic mass is 35.5. The molecule has 0 fully saturated rings. The van der Waals surface area contributed by atoms with Gasteiger partial charge in [-0.15, -0.1) is 0 Å². The molecule has 0 aromatic heterocycles. The second kappa shape index (κ2) is 7.65. The van der Waals surface area contributed by atoms with Gasteiger partial charge in [-0.3, -0.25) is 9.59 Å². The maximum absolute atomic E-state index is 11.8. The number of hydrogen-bond donors (Lipinski definition) is 1. The van der Waals surface area contributed by atoms with Crippen molar-refractivity contribution in [2.75, 3.05) is 40.1 Å². The predicted octanol–water partition coefficient (Wildman–Crippen LogP) is 1.68. The summed E-state index contributed by atoms with van der Waals surface area (Å²) in [5, 5.41) is 2.82. The minimum absolute atomic E-state index is 0.164. The topological polar surface area (TPSA) is 79.0 Å². The highest BCUT2D eigenvalue weighted by molar-refractivity contribution is 6.34. The Morgan fingerprint density at radius 2 is 1.86 bits per heavy atom. The van der Waals surface area contributed by atoms with Crippen LogP contribution in [0.15, 0.2) is 18.2 Å². The predicted molar refractivity (Wildman–Crippen MR) is 83.1 cm³/mol. The Hall–Kier alpha value is -2.28. The normalized spacial score (nSPS) is 9.86. The fourth-order valence-electron chi connectivity index (χ4n) is 1.64. The first-order chi connectivity index (χ1) is 10.3. The molecule has 0 unspecified atom stereocenters. The molecule has 0 saturated heterocycles. The van der Waals surface area contributed by atoms with Gasteiger partial charge in [-0.2, -0.15) is 0 Å². The van der Waals surface area contributed by atoms with Crippen LogP contribution < -0.4 is 5.32 Å². The Morgan fingerprint density at radius 1 is 1.23 bits per heavy atom. The zero-order valence-electron chi connectivity index (χ0n) is 12.8. The summed E-state index contributed by atoms with van der Waals surface area (Å²) in [6, 6.07) is 4.58. The first-order valence-corrected chi connectivity index (χ1v) is 6.74. The average Bonchev–Trinajstić information content (AvgIpc) is 2.45. The van der Waals surface area contributed by atoms with E-state index in [4.69, 9.17) is 11.6 Å². The highest BCUT2D eigenvalue weighted by Gasteiger charge is 2.15. The third-order valence-electron chi connectivity index (χ3n) is 2.76. The summed E-state index contributed by atoms with van der Waals surface area (Å²) < 4.78 is 4.49. The second-order valence-corrected chi connectivity index (χ2v) is 5.18. The number of carbonyl (C=O) groups excluding carboxylic acids is 3. The van der Waals surface area contributed by atoms with Gasteiger partial charge in [0.2, 0.25) is 5.91 Å². The van der Waals surface area contributed by atoms with Crippen molar-refractivity contribution in [2.24, 2.45) is 0 Å².